The van der Waals surface area contributed by atoms with Crippen molar-refractivity contribution in [2.75, 3.05) is 19.8 Å². The molecule has 0 aromatic carbocycles. The molecule has 1 amide bonds. The predicted octanol–water partition coefficient (Wildman–Crippen LogP) is 2.47. The number of hydrogen-bond acceptors (Lipinski definition) is 4. The normalized spacial score (nSPS) is 25.3. The standard InChI is InChI=1S/C19H31N3O3/c1-14-11-15(2)22(20-14)12-17-7-6-9-21(17)19(23)16(3)25-13-18-8-4-5-10-24-18/h11,16-18H,4-10,12-13H2,1-3H3/t16-,17+,18-/m1/s1. The summed E-state index contributed by atoms with van der Waals surface area (Å²) in [6, 6.07) is 2.29. The highest BCUT2D eigenvalue weighted by atomic mass is 16.5. The van der Waals surface area contributed by atoms with Gasteiger partial charge in [0.1, 0.15) is 6.10 Å². The van der Waals surface area contributed by atoms with Gasteiger partial charge in [0, 0.05) is 18.8 Å². The van der Waals surface area contributed by atoms with Crippen molar-refractivity contribution in [1.29, 1.82) is 0 Å². The van der Waals surface area contributed by atoms with Crippen LogP contribution >= 0.6 is 0 Å². The molecule has 3 atom stereocenters. The second-order valence-electron chi connectivity index (χ2n) is 7.40. The molecule has 0 saturated carbocycles. The topological polar surface area (TPSA) is 56.6 Å². The van der Waals surface area contributed by atoms with Crippen LogP contribution in [0.25, 0.3) is 0 Å². The van der Waals surface area contributed by atoms with Gasteiger partial charge in [0.2, 0.25) is 0 Å². The Morgan fingerprint density at radius 1 is 1.36 bits per heavy atom. The molecule has 0 unspecified atom stereocenters. The van der Waals surface area contributed by atoms with Gasteiger partial charge in [-0.05, 0) is 58.9 Å². The van der Waals surface area contributed by atoms with Crippen molar-refractivity contribution in [1.82, 2.24) is 14.7 Å². The van der Waals surface area contributed by atoms with E-state index in [-0.39, 0.29) is 18.1 Å². The van der Waals surface area contributed by atoms with Crippen LogP contribution in [0.15, 0.2) is 6.07 Å². The van der Waals surface area contributed by atoms with Gasteiger partial charge in [-0.3, -0.25) is 9.48 Å². The first-order chi connectivity index (χ1) is 12.0. The third-order valence-electron chi connectivity index (χ3n) is 5.30. The zero-order chi connectivity index (χ0) is 17.8. The zero-order valence-electron chi connectivity index (χ0n) is 15.7. The van der Waals surface area contributed by atoms with E-state index in [0.29, 0.717) is 6.61 Å². The van der Waals surface area contributed by atoms with E-state index in [1.807, 2.05) is 23.4 Å². The highest BCUT2D eigenvalue weighted by molar-refractivity contribution is 5.81. The smallest absolute Gasteiger partial charge is 0.251 e. The lowest BCUT2D eigenvalue weighted by Gasteiger charge is -2.29. The fraction of sp³-hybridized carbons (Fsp3) is 0.789. The summed E-state index contributed by atoms with van der Waals surface area (Å²) in [5.41, 5.74) is 2.17. The van der Waals surface area contributed by atoms with Gasteiger partial charge in [0.25, 0.3) is 5.91 Å². The Hall–Kier alpha value is -1.40. The summed E-state index contributed by atoms with van der Waals surface area (Å²) in [6.45, 7) is 8.85. The molecule has 2 aliphatic rings. The average molecular weight is 349 g/mol. The minimum absolute atomic E-state index is 0.0971. The van der Waals surface area contributed by atoms with E-state index in [0.717, 1.165) is 56.8 Å². The second kappa shape index (κ2) is 8.32. The van der Waals surface area contributed by atoms with Gasteiger partial charge in [0.05, 0.1) is 31.0 Å². The molecule has 25 heavy (non-hydrogen) atoms. The van der Waals surface area contributed by atoms with Crippen LogP contribution in [0.4, 0.5) is 0 Å². The van der Waals surface area contributed by atoms with E-state index in [9.17, 15) is 4.79 Å². The van der Waals surface area contributed by atoms with Gasteiger partial charge in [0.15, 0.2) is 0 Å². The number of carbonyl (C=O) groups is 1. The molecular weight excluding hydrogens is 318 g/mol. The van der Waals surface area contributed by atoms with Crippen molar-refractivity contribution in [3.63, 3.8) is 0 Å². The molecule has 0 N–H and O–H groups in total. The van der Waals surface area contributed by atoms with Gasteiger partial charge in [-0.15, -0.1) is 0 Å². The van der Waals surface area contributed by atoms with E-state index in [1.165, 1.54) is 6.42 Å². The zero-order valence-corrected chi connectivity index (χ0v) is 15.7. The molecule has 2 saturated heterocycles. The van der Waals surface area contributed by atoms with Gasteiger partial charge >= 0.3 is 0 Å². The van der Waals surface area contributed by atoms with Crippen LogP contribution in [-0.4, -0.2) is 58.6 Å². The lowest BCUT2D eigenvalue weighted by atomic mass is 10.1. The lowest BCUT2D eigenvalue weighted by Crippen LogP contribution is -2.44. The summed E-state index contributed by atoms with van der Waals surface area (Å²) in [5, 5.41) is 4.54. The van der Waals surface area contributed by atoms with Crippen LogP contribution in [0.5, 0.6) is 0 Å². The molecule has 6 nitrogen and oxygen atoms in total. The van der Waals surface area contributed by atoms with Crippen LogP contribution in [-0.2, 0) is 20.8 Å². The van der Waals surface area contributed by atoms with E-state index in [4.69, 9.17) is 9.47 Å². The maximum atomic E-state index is 12.8. The Morgan fingerprint density at radius 3 is 2.88 bits per heavy atom. The fourth-order valence-electron chi connectivity index (χ4n) is 3.87. The summed E-state index contributed by atoms with van der Waals surface area (Å²) in [5.74, 6) is 0.0971. The second-order valence-corrected chi connectivity index (χ2v) is 7.40. The van der Waals surface area contributed by atoms with Gasteiger partial charge < -0.3 is 14.4 Å². The number of aryl methyl sites for hydroxylation is 2. The monoisotopic (exact) mass is 349 g/mol. The van der Waals surface area contributed by atoms with Crippen molar-refractivity contribution in [2.45, 2.75) is 77.7 Å². The molecule has 0 spiro atoms. The molecule has 2 aliphatic heterocycles. The van der Waals surface area contributed by atoms with Gasteiger partial charge in [-0.25, -0.2) is 0 Å². The minimum Gasteiger partial charge on any atom is -0.376 e. The van der Waals surface area contributed by atoms with Crippen molar-refractivity contribution < 1.29 is 14.3 Å². The Bertz CT molecular complexity index is 580. The van der Waals surface area contributed by atoms with Crippen LogP contribution in [0.2, 0.25) is 0 Å². The highest BCUT2D eigenvalue weighted by Gasteiger charge is 2.32. The summed E-state index contributed by atoms with van der Waals surface area (Å²) in [6.07, 6.45) is 5.17. The van der Waals surface area contributed by atoms with Crippen molar-refractivity contribution in [3.8, 4) is 0 Å². The summed E-state index contributed by atoms with van der Waals surface area (Å²) < 4.78 is 13.6. The Morgan fingerprint density at radius 2 is 2.20 bits per heavy atom. The Kier molecular flexibility index (Phi) is 6.12. The Labute approximate surface area is 150 Å². The van der Waals surface area contributed by atoms with Crippen LogP contribution in [0.3, 0.4) is 0 Å². The molecule has 140 valence electrons. The first-order valence-electron chi connectivity index (χ1n) is 9.59. The third-order valence-corrected chi connectivity index (χ3v) is 5.30. The largest absolute Gasteiger partial charge is 0.376 e. The number of carbonyl (C=O) groups excluding carboxylic acids is 1. The molecule has 0 radical (unpaired) electrons. The molecule has 3 rings (SSSR count). The minimum atomic E-state index is -0.411. The van der Waals surface area contributed by atoms with Crippen LogP contribution < -0.4 is 0 Å². The SMILES string of the molecule is Cc1cc(C)n(C[C@@H]2CCCN2C(=O)[C@@H](C)OC[C@H]2CCCCO2)n1. The number of aromatic nitrogens is 2. The van der Waals surface area contributed by atoms with Crippen LogP contribution in [0.1, 0.15) is 50.4 Å². The molecule has 3 heterocycles. The first-order valence-corrected chi connectivity index (χ1v) is 9.59. The molecule has 0 bridgehead atoms. The van der Waals surface area contributed by atoms with E-state index < -0.39 is 6.10 Å². The molecular formula is C19H31N3O3. The quantitative estimate of drug-likeness (QED) is 0.792. The fourth-order valence-corrected chi connectivity index (χ4v) is 3.87. The molecule has 1 aromatic rings. The van der Waals surface area contributed by atoms with Crippen molar-refractivity contribution >= 4 is 5.91 Å². The maximum Gasteiger partial charge on any atom is 0.251 e. The summed E-state index contributed by atoms with van der Waals surface area (Å²) in [7, 11) is 0. The highest BCUT2D eigenvalue weighted by Crippen LogP contribution is 2.22. The number of ether oxygens (including phenoxy) is 2. The molecule has 6 heteroatoms. The van der Waals surface area contributed by atoms with Crippen LogP contribution in [0, 0.1) is 13.8 Å². The van der Waals surface area contributed by atoms with E-state index >= 15 is 0 Å². The van der Waals surface area contributed by atoms with Crippen molar-refractivity contribution in [3.05, 3.63) is 17.5 Å². The Balaban J connectivity index is 1.53. The number of nitrogens with zero attached hydrogens (tertiary/aromatic N) is 3. The van der Waals surface area contributed by atoms with E-state index in [2.05, 4.69) is 18.1 Å². The van der Waals surface area contributed by atoms with Gasteiger partial charge in [-0.1, -0.05) is 0 Å². The number of likely N-dealkylation sites (tertiary alicyclic amines) is 1. The maximum absolute atomic E-state index is 12.8. The lowest BCUT2D eigenvalue weighted by molar-refractivity contribution is -0.147. The predicted molar refractivity (Wildman–Crippen MR) is 95.4 cm³/mol. The summed E-state index contributed by atoms with van der Waals surface area (Å²) >= 11 is 0. The molecule has 0 aliphatic carbocycles. The molecule has 2 fully saturated rings. The number of hydrogen-bond donors (Lipinski definition) is 0. The first kappa shape index (κ1) is 18.4. The number of amides is 1. The van der Waals surface area contributed by atoms with E-state index in [1.54, 1.807) is 0 Å². The average Bonchev–Trinajstić information content (AvgIpc) is 3.19. The molecule has 1 aromatic heterocycles. The van der Waals surface area contributed by atoms with Gasteiger partial charge in [-0.2, -0.15) is 5.10 Å². The summed E-state index contributed by atoms with van der Waals surface area (Å²) in [4.78, 5) is 14.8. The number of rotatable bonds is 6. The third kappa shape index (κ3) is 4.61. The van der Waals surface area contributed by atoms with Crippen molar-refractivity contribution in [2.24, 2.45) is 0 Å².